The van der Waals surface area contributed by atoms with Crippen molar-refractivity contribution in [2.24, 2.45) is 5.92 Å². The zero-order valence-corrected chi connectivity index (χ0v) is 21.1. The summed E-state index contributed by atoms with van der Waals surface area (Å²) in [4.78, 5) is 30.6. The smallest absolute Gasteiger partial charge is 0.251 e. The molecule has 2 aromatic heterocycles. The van der Waals surface area contributed by atoms with Crippen LogP contribution in [0, 0.1) is 23.4 Å². The van der Waals surface area contributed by atoms with E-state index >= 15 is 4.39 Å². The van der Waals surface area contributed by atoms with E-state index in [2.05, 4.69) is 10.3 Å². The SMILES string of the molecule is C[C@@H]1CCC[C@H](n2ccc(-c3c(F)ccc(Cl)c3F)cc2=O)c2cc(ccn2)-c2c(F)cccc2NC1=O. The highest BCUT2D eigenvalue weighted by molar-refractivity contribution is 6.31. The van der Waals surface area contributed by atoms with Crippen LogP contribution in [0.2, 0.25) is 5.02 Å². The molecule has 0 radical (unpaired) electrons. The number of aromatic nitrogens is 2. The van der Waals surface area contributed by atoms with Crippen LogP contribution in [0.1, 0.15) is 37.9 Å². The molecule has 38 heavy (non-hydrogen) atoms. The van der Waals surface area contributed by atoms with Crippen molar-refractivity contribution < 1.29 is 18.0 Å². The first-order valence-corrected chi connectivity index (χ1v) is 12.5. The average molecular weight is 538 g/mol. The third-order valence-corrected chi connectivity index (χ3v) is 7.15. The Bertz CT molecular complexity index is 1600. The summed E-state index contributed by atoms with van der Waals surface area (Å²) in [5.74, 6) is -2.87. The van der Waals surface area contributed by atoms with E-state index in [1.807, 2.05) is 0 Å². The number of hydrogen-bond acceptors (Lipinski definition) is 3. The predicted octanol–water partition coefficient (Wildman–Crippen LogP) is 7.00. The highest BCUT2D eigenvalue weighted by Gasteiger charge is 2.24. The van der Waals surface area contributed by atoms with Crippen LogP contribution in [-0.2, 0) is 4.79 Å². The zero-order valence-electron chi connectivity index (χ0n) is 20.3. The van der Waals surface area contributed by atoms with Gasteiger partial charge in [0.15, 0.2) is 5.82 Å². The van der Waals surface area contributed by atoms with Gasteiger partial charge in [-0.15, -0.1) is 0 Å². The van der Waals surface area contributed by atoms with Crippen LogP contribution >= 0.6 is 11.6 Å². The summed E-state index contributed by atoms with van der Waals surface area (Å²) >= 11 is 5.83. The van der Waals surface area contributed by atoms with Gasteiger partial charge in [-0.1, -0.05) is 31.0 Å². The molecular formula is C29H23ClF3N3O2. The summed E-state index contributed by atoms with van der Waals surface area (Å²) in [6.45, 7) is 1.79. The van der Waals surface area contributed by atoms with Gasteiger partial charge in [0.1, 0.15) is 11.6 Å². The van der Waals surface area contributed by atoms with Gasteiger partial charge in [0, 0.05) is 29.9 Å². The Hall–Kier alpha value is -3.91. The minimum atomic E-state index is -0.947. The molecule has 2 bridgehead atoms. The number of nitrogens with zero attached hydrogens (tertiary/aromatic N) is 2. The first-order chi connectivity index (χ1) is 18.2. The second-order valence-corrected chi connectivity index (χ2v) is 9.76. The minimum Gasteiger partial charge on any atom is -0.325 e. The molecule has 2 atom stereocenters. The molecule has 4 aromatic rings. The van der Waals surface area contributed by atoms with E-state index in [4.69, 9.17) is 11.6 Å². The van der Waals surface area contributed by atoms with Crippen molar-refractivity contribution in [3.8, 4) is 22.3 Å². The second kappa shape index (κ2) is 10.5. The van der Waals surface area contributed by atoms with Crippen molar-refractivity contribution in [2.45, 2.75) is 32.2 Å². The Morgan fingerprint density at radius 2 is 1.71 bits per heavy atom. The number of hydrogen-bond donors (Lipinski definition) is 1. The maximum absolute atomic E-state index is 15.0. The summed E-state index contributed by atoms with van der Waals surface area (Å²) in [7, 11) is 0. The molecule has 5 rings (SSSR count). The van der Waals surface area contributed by atoms with Crippen molar-refractivity contribution in [3.63, 3.8) is 0 Å². The molecule has 0 fully saturated rings. The monoisotopic (exact) mass is 537 g/mol. The van der Waals surface area contributed by atoms with Crippen molar-refractivity contribution in [2.75, 3.05) is 5.32 Å². The molecule has 194 valence electrons. The van der Waals surface area contributed by atoms with Crippen molar-refractivity contribution >= 4 is 23.2 Å². The highest BCUT2D eigenvalue weighted by atomic mass is 35.5. The first kappa shape index (κ1) is 25.7. The fourth-order valence-corrected chi connectivity index (χ4v) is 4.99. The summed E-state index contributed by atoms with van der Waals surface area (Å²) in [6, 6.07) is 12.0. The predicted molar refractivity (Wildman–Crippen MR) is 140 cm³/mol. The minimum absolute atomic E-state index is 0.0555. The van der Waals surface area contributed by atoms with Crippen LogP contribution in [0.3, 0.4) is 0 Å². The molecule has 0 unspecified atom stereocenters. The lowest BCUT2D eigenvalue weighted by molar-refractivity contribution is -0.119. The Morgan fingerprint density at radius 3 is 2.50 bits per heavy atom. The van der Waals surface area contributed by atoms with Crippen LogP contribution in [0.25, 0.3) is 22.3 Å². The van der Waals surface area contributed by atoms with E-state index in [0.717, 1.165) is 18.2 Å². The summed E-state index contributed by atoms with van der Waals surface area (Å²) in [5, 5.41) is 2.59. The van der Waals surface area contributed by atoms with Gasteiger partial charge in [-0.2, -0.15) is 0 Å². The molecule has 1 aliphatic heterocycles. The Kier molecular flexibility index (Phi) is 7.08. The van der Waals surface area contributed by atoms with Gasteiger partial charge in [-0.3, -0.25) is 14.6 Å². The first-order valence-electron chi connectivity index (χ1n) is 12.2. The quantitative estimate of drug-likeness (QED) is 0.280. The highest BCUT2D eigenvalue weighted by Crippen LogP contribution is 2.35. The van der Waals surface area contributed by atoms with E-state index in [9.17, 15) is 18.4 Å². The zero-order chi connectivity index (χ0) is 27.0. The fourth-order valence-electron chi connectivity index (χ4n) is 4.84. The van der Waals surface area contributed by atoms with Gasteiger partial charge >= 0.3 is 0 Å². The molecule has 1 amide bonds. The normalized spacial score (nSPS) is 17.7. The number of anilines is 1. The maximum atomic E-state index is 15.0. The molecule has 3 heterocycles. The van der Waals surface area contributed by atoms with Crippen molar-refractivity contribution in [1.29, 1.82) is 0 Å². The number of amides is 1. The Morgan fingerprint density at radius 1 is 0.947 bits per heavy atom. The van der Waals surface area contributed by atoms with Crippen LogP contribution in [0.5, 0.6) is 0 Å². The average Bonchev–Trinajstić information content (AvgIpc) is 2.89. The number of halogens is 4. The van der Waals surface area contributed by atoms with E-state index < -0.39 is 29.1 Å². The third-order valence-electron chi connectivity index (χ3n) is 6.86. The summed E-state index contributed by atoms with van der Waals surface area (Å²) in [6.07, 6.45) is 4.57. The number of pyridine rings is 2. The van der Waals surface area contributed by atoms with Gasteiger partial charge in [0.2, 0.25) is 5.91 Å². The van der Waals surface area contributed by atoms with Gasteiger partial charge in [0.25, 0.3) is 5.56 Å². The van der Waals surface area contributed by atoms with Gasteiger partial charge in [0.05, 0.1) is 28.0 Å². The molecule has 0 aliphatic carbocycles. The van der Waals surface area contributed by atoms with Crippen LogP contribution in [0.15, 0.2) is 71.8 Å². The molecule has 1 N–H and O–H groups in total. The van der Waals surface area contributed by atoms with Crippen LogP contribution in [-0.4, -0.2) is 15.5 Å². The summed E-state index contributed by atoms with van der Waals surface area (Å²) in [5.41, 5.74) is 0.768. The molecule has 2 aromatic carbocycles. The molecule has 5 nitrogen and oxygen atoms in total. The van der Waals surface area contributed by atoms with Gasteiger partial charge < -0.3 is 9.88 Å². The molecule has 0 saturated heterocycles. The van der Waals surface area contributed by atoms with E-state index in [-0.39, 0.29) is 33.5 Å². The number of nitrogens with one attached hydrogen (secondary N) is 1. The number of carbonyl (C=O) groups is 1. The number of rotatable bonds is 2. The van der Waals surface area contributed by atoms with Crippen LogP contribution < -0.4 is 10.9 Å². The van der Waals surface area contributed by atoms with Crippen LogP contribution in [0.4, 0.5) is 18.9 Å². The lowest BCUT2D eigenvalue weighted by atomic mass is 9.95. The maximum Gasteiger partial charge on any atom is 0.251 e. The Labute approximate surface area is 221 Å². The van der Waals surface area contributed by atoms with Gasteiger partial charge in [-0.05, 0) is 66.4 Å². The lowest BCUT2D eigenvalue weighted by Crippen LogP contribution is -2.26. The van der Waals surface area contributed by atoms with Crippen molar-refractivity contribution in [3.05, 3.63) is 106 Å². The largest absolute Gasteiger partial charge is 0.325 e. The standard InChI is InChI=1S/C29H23ClF3N3O2/c1-16-4-2-7-24(36-13-11-18(15-25(36)37)27-21(32)9-8-19(30)28(27)33)23-14-17(10-12-34-23)26-20(31)5-3-6-22(26)35-29(16)38/h3,5-6,8-16,24H,2,4,7H2,1H3,(H,35,38)/t16-,24+/m1/s1. The van der Waals surface area contributed by atoms with E-state index in [1.54, 1.807) is 25.1 Å². The summed E-state index contributed by atoms with van der Waals surface area (Å²) < 4.78 is 45.5. The number of benzene rings is 2. The molecule has 0 saturated carbocycles. The molecular weight excluding hydrogens is 515 g/mol. The fraction of sp³-hybridized carbons (Fsp3) is 0.207. The van der Waals surface area contributed by atoms with E-state index in [0.29, 0.717) is 36.2 Å². The van der Waals surface area contributed by atoms with Gasteiger partial charge in [-0.25, -0.2) is 13.2 Å². The molecule has 0 spiro atoms. The third kappa shape index (κ3) is 4.84. The number of fused-ring (bicyclic) bond motifs is 4. The Balaban J connectivity index is 1.63. The molecule has 9 heteroatoms. The molecule has 1 aliphatic rings. The topological polar surface area (TPSA) is 64.0 Å². The lowest BCUT2D eigenvalue weighted by Gasteiger charge is -2.23. The number of carbonyl (C=O) groups excluding carboxylic acids is 1. The second-order valence-electron chi connectivity index (χ2n) is 9.35. The van der Waals surface area contributed by atoms with E-state index in [1.165, 1.54) is 35.2 Å². The van der Waals surface area contributed by atoms with Crippen molar-refractivity contribution in [1.82, 2.24) is 9.55 Å².